The van der Waals surface area contributed by atoms with E-state index in [1.807, 2.05) is 0 Å². The molecule has 0 aliphatic heterocycles. The van der Waals surface area contributed by atoms with Gasteiger partial charge in [-0.3, -0.25) is 4.55 Å². The SMILES string of the molecule is CCOC(=O)NOS(=O)O. The van der Waals surface area contributed by atoms with Crippen molar-refractivity contribution in [3.63, 3.8) is 0 Å². The first-order valence-electron chi connectivity index (χ1n) is 2.37. The molecule has 7 heteroatoms. The smallest absolute Gasteiger partial charge is 0.432 e. The van der Waals surface area contributed by atoms with Crippen molar-refractivity contribution in [2.75, 3.05) is 6.61 Å². The summed E-state index contributed by atoms with van der Waals surface area (Å²) >= 11 is -2.50. The van der Waals surface area contributed by atoms with Crippen LogP contribution >= 0.6 is 0 Å². The van der Waals surface area contributed by atoms with E-state index in [4.69, 9.17) is 4.55 Å². The van der Waals surface area contributed by atoms with Gasteiger partial charge in [-0.05, 0) is 6.92 Å². The second kappa shape index (κ2) is 5.15. The molecule has 1 amide bonds. The van der Waals surface area contributed by atoms with Crippen LogP contribution < -0.4 is 5.48 Å². The number of carbonyl (C=O) groups excluding carboxylic acids is 1. The second-order valence-corrected chi connectivity index (χ2v) is 1.72. The van der Waals surface area contributed by atoms with E-state index in [9.17, 15) is 9.00 Å². The summed E-state index contributed by atoms with van der Waals surface area (Å²) in [7, 11) is 0. The molecule has 0 radical (unpaired) electrons. The first-order valence-corrected chi connectivity index (χ1v) is 3.41. The van der Waals surface area contributed by atoms with Gasteiger partial charge in [0.05, 0.1) is 6.61 Å². The third kappa shape index (κ3) is 5.48. The Kier molecular flexibility index (Phi) is 4.81. The van der Waals surface area contributed by atoms with Crippen LogP contribution in [0.5, 0.6) is 0 Å². The van der Waals surface area contributed by atoms with Crippen molar-refractivity contribution in [2.45, 2.75) is 6.92 Å². The van der Waals surface area contributed by atoms with E-state index in [0.29, 0.717) is 0 Å². The molecule has 0 aromatic rings. The zero-order chi connectivity index (χ0) is 7.98. The minimum Gasteiger partial charge on any atom is -0.448 e. The lowest BCUT2D eigenvalue weighted by Gasteiger charge is -1.99. The van der Waals surface area contributed by atoms with E-state index >= 15 is 0 Å². The van der Waals surface area contributed by atoms with Gasteiger partial charge in [0.15, 0.2) is 0 Å². The van der Waals surface area contributed by atoms with E-state index < -0.39 is 17.5 Å². The third-order valence-corrected chi connectivity index (χ3v) is 0.698. The molecule has 0 aliphatic rings. The summed E-state index contributed by atoms with van der Waals surface area (Å²) in [5.41, 5.74) is 1.57. The zero-order valence-electron chi connectivity index (χ0n) is 5.20. The number of nitrogens with one attached hydrogen (secondary N) is 1. The molecule has 0 fully saturated rings. The summed E-state index contributed by atoms with van der Waals surface area (Å²) in [4.78, 5) is 10.2. The highest BCUT2D eigenvalue weighted by Gasteiger charge is 2.00. The Labute approximate surface area is 59.9 Å². The van der Waals surface area contributed by atoms with Gasteiger partial charge in [-0.2, -0.15) is 9.69 Å². The van der Waals surface area contributed by atoms with Crippen LogP contribution in [0, 0.1) is 0 Å². The monoisotopic (exact) mass is 169 g/mol. The van der Waals surface area contributed by atoms with Crippen LogP contribution in [0.1, 0.15) is 6.92 Å². The Morgan fingerprint density at radius 3 is 2.80 bits per heavy atom. The summed E-state index contributed by atoms with van der Waals surface area (Å²) < 4.78 is 25.7. The van der Waals surface area contributed by atoms with Crippen LogP contribution in [0.3, 0.4) is 0 Å². The molecule has 0 bridgehead atoms. The minimum absolute atomic E-state index is 0.174. The predicted molar refractivity (Wildman–Crippen MR) is 32.0 cm³/mol. The molecule has 2 N–H and O–H groups in total. The molecule has 0 aromatic carbocycles. The Morgan fingerprint density at radius 1 is 1.80 bits per heavy atom. The molecule has 0 saturated carbocycles. The van der Waals surface area contributed by atoms with E-state index in [1.165, 1.54) is 0 Å². The highest BCUT2D eigenvalue weighted by Crippen LogP contribution is 1.77. The standard InChI is InChI=1S/C3H7NO5S/c1-2-8-3(5)4-9-10(6)7/h2H2,1H3,(H,4,5)(H,6,7). The number of carbonyl (C=O) groups is 1. The highest BCUT2D eigenvalue weighted by atomic mass is 32.2. The van der Waals surface area contributed by atoms with E-state index in [-0.39, 0.29) is 6.61 Å². The number of hydroxylamine groups is 1. The van der Waals surface area contributed by atoms with Crippen LogP contribution in [0.15, 0.2) is 0 Å². The molecule has 0 spiro atoms. The van der Waals surface area contributed by atoms with Crippen molar-refractivity contribution in [2.24, 2.45) is 0 Å². The Hall–Kier alpha value is -0.660. The maximum Gasteiger partial charge on any atom is 0.432 e. The van der Waals surface area contributed by atoms with Crippen LogP contribution in [0.4, 0.5) is 4.79 Å². The van der Waals surface area contributed by atoms with Crippen LogP contribution in [-0.2, 0) is 20.4 Å². The van der Waals surface area contributed by atoms with E-state index in [0.717, 1.165) is 0 Å². The number of hydrogen-bond donors (Lipinski definition) is 2. The second-order valence-electron chi connectivity index (χ2n) is 1.12. The summed E-state index contributed by atoms with van der Waals surface area (Å²) in [5, 5.41) is 0. The molecule has 60 valence electrons. The van der Waals surface area contributed by atoms with Crippen LogP contribution in [0.2, 0.25) is 0 Å². The number of hydrogen-bond acceptors (Lipinski definition) is 4. The third-order valence-electron chi connectivity index (χ3n) is 0.472. The highest BCUT2D eigenvalue weighted by molar-refractivity contribution is 7.74. The van der Waals surface area contributed by atoms with Gasteiger partial charge in [0, 0.05) is 0 Å². The molecule has 0 rings (SSSR count). The lowest BCUT2D eigenvalue weighted by atomic mass is 10.9. The maximum absolute atomic E-state index is 10.2. The average molecular weight is 169 g/mol. The molecule has 0 aromatic heterocycles. The topological polar surface area (TPSA) is 84.9 Å². The lowest BCUT2D eigenvalue weighted by Crippen LogP contribution is -2.25. The van der Waals surface area contributed by atoms with Crippen molar-refractivity contribution in [3.05, 3.63) is 0 Å². The van der Waals surface area contributed by atoms with Gasteiger partial charge in [0.1, 0.15) is 0 Å². The Morgan fingerprint density at radius 2 is 2.40 bits per heavy atom. The fourth-order valence-electron chi connectivity index (χ4n) is 0.230. The first-order chi connectivity index (χ1) is 4.66. The molecule has 6 nitrogen and oxygen atoms in total. The van der Waals surface area contributed by atoms with Gasteiger partial charge < -0.3 is 4.74 Å². The normalized spacial score (nSPS) is 12.2. The van der Waals surface area contributed by atoms with Crippen molar-refractivity contribution in [3.8, 4) is 0 Å². The summed E-state index contributed by atoms with van der Waals surface area (Å²) in [6, 6.07) is 0. The van der Waals surface area contributed by atoms with E-state index in [2.05, 4.69) is 9.02 Å². The molecule has 10 heavy (non-hydrogen) atoms. The van der Waals surface area contributed by atoms with Crippen molar-refractivity contribution < 1.29 is 22.6 Å². The first kappa shape index (κ1) is 9.34. The van der Waals surface area contributed by atoms with Crippen molar-refractivity contribution in [1.82, 2.24) is 5.48 Å². The quantitative estimate of drug-likeness (QED) is 0.451. The molecular weight excluding hydrogens is 162 g/mol. The molecular formula is C3H7NO5S. The molecule has 1 unspecified atom stereocenters. The largest absolute Gasteiger partial charge is 0.448 e. The Balaban J connectivity index is 3.30. The zero-order valence-corrected chi connectivity index (χ0v) is 6.01. The van der Waals surface area contributed by atoms with Gasteiger partial charge in [-0.25, -0.2) is 4.79 Å². The molecule has 0 heterocycles. The van der Waals surface area contributed by atoms with E-state index in [1.54, 1.807) is 12.4 Å². The molecule has 1 atom stereocenters. The summed E-state index contributed by atoms with van der Waals surface area (Å²) in [6.07, 6.45) is -0.898. The maximum atomic E-state index is 10.2. The average Bonchev–Trinajstić information content (AvgIpc) is 1.85. The fraction of sp³-hybridized carbons (Fsp3) is 0.667. The lowest BCUT2D eigenvalue weighted by molar-refractivity contribution is 0.106. The minimum atomic E-state index is -2.50. The molecule has 0 saturated heterocycles. The van der Waals surface area contributed by atoms with Gasteiger partial charge in [-0.1, -0.05) is 0 Å². The van der Waals surface area contributed by atoms with Crippen molar-refractivity contribution >= 4 is 17.5 Å². The Bertz CT molecular complexity index is 137. The van der Waals surface area contributed by atoms with Crippen molar-refractivity contribution in [1.29, 1.82) is 0 Å². The number of amides is 1. The number of ether oxygens (including phenoxy) is 1. The van der Waals surface area contributed by atoms with Gasteiger partial charge >= 0.3 is 17.5 Å². The summed E-state index contributed by atoms with van der Waals surface area (Å²) in [6.45, 7) is 1.77. The molecule has 0 aliphatic carbocycles. The number of rotatable bonds is 3. The predicted octanol–water partition coefficient (Wildman–Crippen LogP) is -0.199. The van der Waals surface area contributed by atoms with Gasteiger partial charge in [-0.15, -0.1) is 4.28 Å². The summed E-state index contributed by atoms with van der Waals surface area (Å²) in [5.74, 6) is 0. The van der Waals surface area contributed by atoms with Gasteiger partial charge in [0.25, 0.3) is 0 Å². The van der Waals surface area contributed by atoms with Crippen LogP contribution in [0.25, 0.3) is 0 Å². The van der Waals surface area contributed by atoms with Crippen LogP contribution in [-0.4, -0.2) is 21.5 Å². The van der Waals surface area contributed by atoms with Gasteiger partial charge in [0.2, 0.25) is 0 Å². The fourth-order valence-corrected chi connectivity index (χ4v) is 0.370.